The van der Waals surface area contributed by atoms with Crippen LogP contribution in [0.25, 0.3) is 0 Å². The van der Waals surface area contributed by atoms with Crippen LogP contribution in [0.3, 0.4) is 0 Å². The molecule has 0 aliphatic rings. The Morgan fingerprint density at radius 2 is 0.909 bits per heavy atom. The van der Waals surface area contributed by atoms with E-state index in [0.29, 0.717) is 0 Å². The molecule has 22 heavy (non-hydrogen) atoms. The SMILES string of the molecule is CCCC[SiH](CCCC)O[P+](=O)O[SiH](CCCC)CCCC. The fourth-order valence-corrected chi connectivity index (χ4v) is 10.8. The molecule has 0 aromatic heterocycles. The van der Waals surface area contributed by atoms with Crippen LogP contribution in [0.2, 0.25) is 24.2 Å². The molecule has 0 unspecified atom stereocenters. The predicted molar refractivity (Wildman–Crippen MR) is 103 cm³/mol. The van der Waals surface area contributed by atoms with Crippen molar-refractivity contribution in [1.82, 2.24) is 0 Å². The van der Waals surface area contributed by atoms with Crippen LogP contribution in [-0.4, -0.2) is 18.1 Å². The van der Waals surface area contributed by atoms with Gasteiger partial charge in [-0.15, -0.1) is 0 Å². The summed E-state index contributed by atoms with van der Waals surface area (Å²) in [6.07, 6.45) is 9.60. The van der Waals surface area contributed by atoms with Crippen LogP contribution in [0.1, 0.15) is 79.1 Å². The van der Waals surface area contributed by atoms with Gasteiger partial charge in [-0.2, -0.15) is 8.43 Å². The quantitative estimate of drug-likeness (QED) is 0.237. The molecule has 0 aliphatic carbocycles. The molecule has 0 aromatic rings. The molecule has 0 heterocycles. The fourth-order valence-electron chi connectivity index (χ4n) is 2.49. The second-order valence-corrected chi connectivity index (χ2v) is 13.2. The Morgan fingerprint density at radius 1 is 0.636 bits per heavy atom. The van der Waals surface area contributed by atoms with Crippen molar-refractivity contribution < 1.29 is 13.0 Å². The maximum Gasteiger partial charge on any atom is 0.672 e. The molecule has 0 saturated carbocycles. The van der Waals surface area contributed by atoms with Crippen molar-refractivity contribution in [1.29, 1.82) is 0 Å². The number of rotatable bonds is 16. The summed E-state index contributed by atoms with van der Waals surface area (Å²) in [6.45, 7) is 8.83. The Kier molecular flexibility index (Phi) is 16.7. The van der Waals surface area contributed by atoms with E-state index in [-0.39, 0.29) is 0 Å². The molecule has 0 fully saturated rings. The minimum atomic E-state index is -1.85. The Bertz CT molecular complexity index is 228. The number of unbranched alkanes of at least 4 members (excludes halogenated alkanes) is 4. The van der Waals surface area contributed by atoms with Crippen molar-refractivity contribution in [2.45, 2.75) is 103 Å². The normalized spacial score (nSPS) is 11.5. The second-order valence-electron chi connectivity index (χ2n) is 6.25. The maximum absolute atomic E-state index is 12.3. The highest BCUT2D eigenvalue weighted by Gasteiger charge is 2.31. The van der Waals surface area contributed by atoms with Crippen LogP contribution in [0.4, 0.5) is 0 Å². The van der Waals surface area contributed by atoms with Crippen LogP contribution in [0.5, 0.6) is 0 Å². The van der Waals surface area contributed by atoms with E-state index in [0.717, 1.165) is 24.2 Å². The third kappa shape index (κ3) is 12.9. The molecule has 0 amide bonds. The van der Waals surface area contributed by atoms with Gasteiger partial charge in [-0.1, -0.05) is 79.1 Å². The molecule has 0 radical (unpaired) electrons. The van der Waals surface area contributed by atoms with E-state index >= 15 is 0 Å². The third-order valence-electron chi connectivity index (χ3n) is 3.99. The molecule has 0 N–H and O–H groups in total. The lowest BCUT2D eigenvalue weighted by atomic mass is 10.4. The lowest BCUT2D eigenvalue weighted by Gasteiger charge is -2.10. The van der Waals surface area contributed by atoms with E-state index in [4.69, 9.17) is 8.43 Å². The maximum atomic E-state index is 12.3. The van der Waals surface area contributed by atoms with Crippen molar-refractivity contribution >= 4 is 26.3 Å². The zero-order valence-corrected chi connectivity index (χ0v) is 18.5. The van der Waals surface area contributed by atoms with Gasteiger partial charge < -0.3 is 0 Å². The topological polar surface area (TPSA) is 35.5 Å². The number of hydrogen-bond donors (Lipinski definition) is 0. The summed E-state index contributed by atoms with van der Waals surface area (Å²) < 4.78 is 24.1. The molecule has 6 heteroatoms. The van der Waals surface area contributed by atoms with E-state index < -0.39 is 26.3 Å². The first-order chi connectivity index (χ1) is 10.7. The first-order valence-electron chi connectivity index (χ1n) is 9.48. The average molecular weight is 366 g/mol. The van der Waals surface area contributed by atoms with E-state index in [9.17, 15) is 4.57 Å². The lowest BCUT2D eigenvalue weighted by Crippen LogP contribution is -2.18. The molecule has 0 spiro atoms. The molecule has 0 aromatic carbocycles. The van der Waals surface area contributed by atoms with Gasteiger partial charge in [0.15, 0.2) is 0 Å². The van der Waals surface area contributed by atoms with E-state index in [2.05, 4.69) is 27.7 Å². The van der Waals surface area contributed by atoms with Gasteiger partial charge >= 0.3 is 8.25 Å². The highest BCUT2D eigenvalue weighted by Crippen LogP contribution is 2.32. The summed E-state index contributed by atoms with van der Waals surface area (Å²) in [5, 5.41) is 0. The number of hydrogen-bond acceptors (Lipinski definition) is 3. The Balaban J connectivity index is 4.27. The van der Waals surface area contributed by atoms with Crippen molar-refractivity contribution in [3.63, 3.8) is 0 Å². The zero-order valence-electron chi connectivity index (χ0n) is 15.3. The van der Waals surface area contributed by atoms with E-state index in [1.165, 1.54) is 51.4 Å². The van der Waals surface area contributed by atoms with Gasteiger partial charge in [-0.3, -0.25) is 0 Å². The minimum Gasteiger partial charge on any atom is -0.180 e. The standard InChI is InChI=1S/C16H38O3PSi2/c1-5-9-13-21(14-10-6-2)18-20(17)19-22(15-11-7-3)16-12-8-4/h21-22H,5-16H2,1-4H3/q+1. The van der Waals surface area contributed by atoms with Gasteiger partial charge in [-0.05, 0) is 24.2 Å². The molecule has 132 valence electrons. The summed E-state index contributed by atoms with van der Waals surface area (Å²) in [7, 11) is -4.51. The molecular weight excluding hydrogens is 327 g/mol. The van der Waals surface area contributed by atoms with Gasteiger partial charge in [-0.25, -0.2) is 0 Å². The fraction of sp³-hybridized carbons (Fsp3) is 1.00. The minimum absolute atomic E-state index is 1.15. The van der Waals surface area contributed by atoms with E-state index in [1.807, 2.05) is 0 Å². The molecule has 0 aliphatic heterocycles. The summed E-state index contributed by atoms with van der Waals surface area (Å²) in [5.41, 5.74) is 0. The highest BCUT2D eigenvalue weighted by molar-refractivity contribution is 7.37. The Morgan fingerprint density at radius 3 is 1.14 bits per heavy atom. The Labute approximate surface area is 143 Å². The largest absolute Gasteiger partial charge is 0.672 e. The summed E-state index contributed by atoms with van der Waals surface area (Å²) in [5.74, 6) is 0. The van der Waals surface area contributed by atoms with Crippen LogP contribution >= 0.6 is 8.25 Å². The van der Waals surface area contributed by atoms with Gasteiger partial charge in [0.2, 0.25) is 0 Å². The molecular formula is C16H38O3PSi2+. The van der Waals surface area contributed by atoms with Crippen LogP contribution in [-0.2, 0) is 13.0 Å². The average Bonchev–Trinajstić information content (AvgIpc) is 2.52. The van der Waals surface area contributed by atoms with Gasteiger partial charge in [0.05, 0.1) is 0 Å². The monoisotopic (exact) mass is 365 g/mol. The predicted octanol–water partition coefficient (Wildman–Crippen LogP) is 6.33. The van der Waals surface area contributed by atoms with Crippen molar-refractivity contribution in [2.24, 2.45) is 0 Å². The molecule has 0 atom stereocenters. The first kappa shape index (κ1) is 22.5. The Hall–Kier alpha value is 0.454. The van der Waals surface area contributed by atoms with Crippen molar-refractivity contribution in [3.05, 3.63) is 0 Å². The first-order valence-corrected chi connectivity index (χ1v) is 14.8. The van der Waals surface area contributed by atoms with Crippen molar-refractivity contribution in [3.8, 4) is 0 Å². The second kappa shape index (κ2) is 16.3. The van der Waals surface area contributed by atoms with Crippen LogP contribution < -0.4 is 0 Å². The molecule has 0 bridgehead atoms. The lowest BCUT2D eigenvalue weighted by molar-refractivity contribution is 0.415. The zero-order chi connectivity index (χ0) is 16.6. The van der Waals surface area contributed by atoms with Gasteiger partial charge in [0.1, 0.15) is 0 Å². The molecule has 0 rings (SSSR count). The molecule has 3 nitrogen and oxygen atoms in total. The van der Waals surface area contributed by atoms with Gasteiger partial charge in [0.25, 0.3) is 18.1 Å². The third-order valence-corrected chi connectivity index (χ3v) is 12.0. The van der Waals surface area contributed by atoms with Gasteiger partial charge in [0, 0.05) is 4.57 Å². The van der Waals surface area contributed by atoms with Crippen molar-refractivity contribution in [2.75, 3.05) is 0 Å². The molecule has 0 saturated heterocycles. The highest BCUT2D eigenvalue weighted by atomic mass is 31.1. The van der Waals surface area contributed by atoms with E-state index in [1.54, 1.807) is 0 Å². The van der Waals surface area contributed by atoms with Crippen LogP contribution in [0, 0.1) is 0 Å². The summed E-state index contributed by atoms with van der Waals surface area (Å²) in [4.78, 5) is 0. The smallest absolute Gasteiger partial charge is 0.180 e. The summed E-state index contributed by atoms with van der Waals surface area (Å²) >= 11 is 0. The summed E-state index contributed by atoms with van der Waals surface area (Å²) in [6, 6.07) is 4.60. The van der Waals surface area contributed by atoms with Crippen LogP contribution in [0.15, 0.2) is 0 Å².